The first kappa shape index (κ1) is 23.3. The second-order valence-corrected chi connectivity index (χ2v) is 7.91. The number of amides is 3. The van der Waals surface area contributed by atoms with E-state index in [2.05, 4.69) is 16.0 Å². The Morgan fingerprint density at radius 1 is 0.941 bits per heavy atom. The van der Waals surface area contributed by atoms with E-state index in [9.17, 15) is 14.0 Å². The minimum Gasteiger partial charge on any atom is -0.488 e. The van der Waals surface area contributed by atoms with Crippen LogP contribution in [-0.2, 0) is 11.3 Å². The summed E-state index contributed by atoms with van der Waals surface area (Å²) in [5.74, 6) is -0.223. The number of anilines is 2. The van der Waals surface area contributed by atoms with Gasteiger partial charge in [0.2, 0.25) is 0 Å². The van der Waals surface area contributed by atoms with Crippen LogP contribution in [0.1, 0.15) is 28.8 Å². The lowest BCUT2D eigenvalue weighted by molar-refractivity contribution is 0.102. The summed E-state index contributed by atoms with van der Waals surface area (Å²) in [6.07, 6.45) is 2.05. The quantitative estimate of drug-likeness (QED) is 0.441. The number of hydrogen-bond acceptors (Lipinski definition) is 4. The van der Waals surface area contributed by atoms with Crippen LogP contribution < -0.4 is 20.7 Å². The summed E-state index contributed by atoms with van der Waals surface area (Å²) in [5.41, 5.74) is 2.34. The van der Waals surface area contributed by atoms with Crippen LogP contribution in [-0.4, -0.2) is 31.2 Å². The molecular weight excluding hydrogens is 437 g/mol. The third-order valence-electron chi connectivity index (χ3n) is 5.35. The Kier molecular flexibility index (Phi) is 7.72. The summed E-state index contributed by atoms with van der Waals surface area (Å²) >= 11 is 0. The molecule has 0 aliphatic carbocycles. The number of benzene rings is 3. The fraction of sp³-hybridized carbons (Fsp3) is 0.231. The maximum atomic E-state index is 13.1. The summed E-state index contributed by atoms with van der Waals surface area (Å²) in [6, 6.07) is 19.4. The Balaban J connectivity index is 1.31. The molecule has 1 atom stereocenters. The fourth-order valence-electron chi connectivity index (χ4n) is 3.54. The van der Waals surface area contributed by atoms with Crippen molar-refractivity contribution in [1.29, 1.82) is 0 Å². The van der Waals surface area contributed by atoms with Crippen molar-refractivity contribution in [3.63, 3.8) is 0 Å². The average Bonchev–Trinajstić information content (AvgIpc) is 3.38. The van der Waals surface area contributed by atoms with Gasteiger partial charge >= 0.3 is 6.03 Å². The molecule has 1 unspecified atom stereocenters. The van der Waals surface area contributed by atoms with Gasteiger partial charge in [0.25, 0.3) is 5.91 Å². The molecule has 4 rings (SSSR count). The van der Waals surface area contributed by atoms with E-state index in [1.807, 2.05) is 0 Å². The summed E-state index contributed by atoms with van der Waals surface area (Å²) < 4.78 is 24.4. The number of rotatable bonds is 8. The fourth-order valence-corrected chi connectivity index (χ4v) is 3.54. The number of urea groups is 1. The molecule has 34 heavy (non-hydrogen) atoms. The number of nitrogens with one attached hydrogen (secondary N) is 3. The molecule has 3 aromatic carbocycles. The highest BCUT2D eigenvalue weighted by Crippen LogP contribution is 2.22. The van der Waals surface area contributed by atoms with Crippen LogP contribution in [0.5, 0.6) is 5.75 Å². The van der Waals surface area contributed by atoms with Gasteiger partial charge < -0.3 is 25.4 Å². The van der Waals surface area contributed by atoms with Crippen LogP contribution in [0.4, 0.5) is 20.6 Å². The Hall–Kier alpha value is -3.91. The van der Waals surface area contributed by atoms with Crippen molar-refractivity contribution in [2.45, 2.75) is 25.6 Å². The topological polar surface area (TPSA) is 88.7 Å². The van der Waals surface area contributed by atoms with Crippen LogP contribution in [0.15, 0.2) is 72.8 Å². The van der Waals surface area contributed by atoms with Crippen molar-refractivity contribution in [2.24, 2.45) is 0 Å². The van der Waals surface area contributed by atoms with E-state index in [0.29, 0.717) is 29.2 Å². The van der Waals surface area contributed by atoms with E-state index >= 15 is 0 Å². The molecule has 3 amide bonds. The summed E-state index contributed by atoms with van der Waals surface area (Å²) in [6.45, 7) is 1.43. The van der Waals surface area contributed by atoms with Gasteiger partial charge in [-0.1, -0.05) is 24.3 Å². The molecule has 1 aliphatic rings. The van der Waals surface area contributed by atoms with Gasteiger partial charge in [-0.05, 0) is 66.9 Å². The maximum Gasteiger partial charge on any atom is 0.319 e. The number of para-hydroxylation sites is 1. The molecular formula is C26H26FN3O4. The number of carbonyl (C=O) groups excluding carboxylic acids is 2. The van der Waals surface area contributed by atoms with E-state index < -0.39 is 0 Å². The Morgan fingerprint density at radius 3 is 2.35 bits per heavy atom. The smallest absolute Gasteiger partial charge is 0.319 e. The highest BCUT2D eigenvalue weighted by molar-refractivity contribution is 6.06. The molecule has 0 saturated carbocycles. The summed E-state index contributed by atoms with van der Waals surface area (Å²) in [4.78, 5) is 24.9. The zero-order valence-electron chi connectivity index (χ0n) is 18.6. The van der Waals surface area contributed by atoms with E-state index in [4.69, 9.17) is 9.47 Å². The van der Waals surface area contributed by atoms with Crippen molar-refractivity contribution >= 4 is 23.3 Å². The van der Waals surface area contributed by atoms with E-state index in [-0.39, 0.29) is 30.5 Å². The average molecular weight is 464 g/mol. The standard InChI is InChI=1S/C26H26FN3O4/c27-19-9-7-18(8-10-19)17-34-24-6-2-1-5-23(24)25(31)29-20-11-13-21(14-12-20)30-26(32)28-16-22-4-3-15-33-22/h1-2,5-14,22H,3-4,15-17H2,(H,29,31)(H2,28,30,32). The molecule has 0 spiro atoms. The normalized spacial score (nSPS) is 14.9. The molecule has 1 aliphatic heterocycles. The second-order valence-electron chi connectivity index (χ2n) is 7.91. The highest BCUT2D eigenvalue weighted by atomic mass is 19.1. The Labute approximate surface area is 197 Å². The van der Waals surface area contributed by atoms with Gasteiger partial charge in [-0.2, -0.15) is 0 Å². The predicted molar refractivity (Wildman–Crippen MR) is 128 cm³/mol. The van der Waals surface area contributed by atoms with E-state index in [1.54, 1.807) is 60.7 Å². The van der Waals surface area contributed by atoms with Gasteiger partial charge in [0, 0.05) is 24.5 Å². The molecule has 0 aromatic heterocycles. The predicted octanol–water partition coefficient (Wildman–Crippen LogP) is 4.96. The largest absolute Gasteiger partial charge is 0.488 e. The van der Waals surface area contributed by atoms with Crippen LogP contribution in [0.25, 0.3) is 0 Å². The molecule has 1 saturated heterocycles. The third-order valence-corrected chi connectivity index (χ3v) is 5.35. The zero-order valence-corrected chi connectivity index (χ0v) is 18.6. The molecule has 7 nitrogen and oxygen atoms in total. The minimum absolute atomic E-state index is 0.0749. The Bertz CT molecular complexity index is 1110. The molecule has 3 aromatic rings. The number of hydrogen-bond donors (Lipinski definition) is 3. The van der Waals surface area contributed by atoms with Gasteiger partial charge in [0.05, 0.1) is 11.7 Å². The summed E-state index contributed by atoms with van der Waals surface area (Å²) in [7, 11) is 0. The molecule has 3 N–H and O–H groups in total. The first-order valence-corrected chi connectivity index (χ1v) is 11.1. The first-order valence-electron chi connectivity index (χ1n) is 11.1. The maximum absolute atomic E-state index is 13.1. The van der Waals surface area contributed by atoms with Crippen molar-refractivity contribution in [2.75, 3.05) is 23.8 Å². The van der Waals surface area contributed by atoms with E-state index in [0.717, 1.165) is 25.0 Å². The van der Waals surface area contributed by atoms with Gasteiger partial charge in [-0.25, -0.2) is 9.18 Å². The van der Waals surface area contributed by atoms with Crippen LogP contribution in [0.2, 0.25) is 0 Å². The van der Waals surface area contributed by atoms with Crippen LogP contribution in [0.3, 0.4) is 0 Å². The molecule has 0 bridgehead atoms. The molecule has 8 heteroatoms. The molecule has 176 valence electrons. The van der Waals surface area contributed by atoms with E-state index in [1.165, 1.54) is 12.1 Å². The van der Waals surface area contributed by atoms with Gasteiger partial charge in [0.15, 0.2) is 0 Å². The van der Waals surface area contributed by atoms with Gasteiger partial charge in [-0.15, -0.1) is 0 Å². The summed E-state index contributed by atoms with van der Waals surface area (Å²) in [5, 5.41) is 8.39. The molecule has 1 heterocycles. The monoisotopic (exact) mass is 463 g/mol. The van der Waals surface area contributed by atoms with Crippen LogP contribution >= 0.6 is 0 Å². The lowest BCUT2D eigenvalue weighted by atomic mass is 10.1. The van der Waals surface area contributed by atoms with Crippen molar-refractivity contribution in [1.82, 2.24) is 5.32 Å². The zero-order chi connectivity index (χ0) is 23.8. The first-order chi connectivity index (χ1) is 16.6. The lowest BCUT2D eigenvalue weighted by Crippen LogP contribution is -2.35. The Morgan fingerprint density at radius 2 is 1.65 bits per heavy atom. The second kappa shape index (κ2) is 11.3. The van der Waals surface area contributed by atoms with Crippen molar-refractivity contribution < 1.29 is 23.5 Å². The number of halogens is 1. The van der Waals surface area contributed by atoms with Gasteiger partial charge in [-0.3, -0.25) is 4.79 Å². The molecule has 1 fully saturated rings. The lowest BCUT2D eigenvalue weighted by Gasteiger charge is -2.13. The minimum atomic E-state index is -0.329. The molecule has 0 radical (unpaired) electrons. The number of ether oxygens (including phenoxy) is 2. The number of carbonyl (C=O) groups is 2. The van der Waals surface area contributed by atoms with Crippen molar-refractivity contribution in [3.05, 3.63) is 89.7 Å². The van der Waals surface area contributed by atoms with Gasteiger partial charge in [0.1, 0.15) is 18.2 Å². The third kappa shape index (κ3) is 6.55. The van der Waals surface area contributed by atoms with Crippen LogP contribution in [0, 0.1) is 5.82 Å². The van der Waals surface area contributed by atoms with Crippen molar-refractivity contribution in [3.8, 4) is 5.75 Å². The SMILES string of the molecule is O=C(NCC1CCCO1)Nc1ccc(NC(=O)c2ccccc2OCc2ccc(F)cc2)cc1. The highest BCUT2D eigenvalue weighted by Gasteiger charge is 2.16.